The highest BCUT2D eigenvalue weighted by atomic mass is 35.5. The molecule has 0 unspecified atom stereocenters. The number of sulfone groups is 1. The Balaban J connectivity index is 1.34. The van der Waals surface area contributed by atoms with Gasteiger partial charge in [-0.2, -0.15) is 9.97 Å². The van der Waals surface area contributed by atoms with E-state index in [0.29, 0.717) is 11.1 Å². The van der Waals surface area contributed by atoms with Crippen molar-refractivity contribution in [2.45, 2.75) is 41.5 Å². The average Bonchev–Trinajstić information content (AvgIpc) is 3.50. The minimum absolute atomic E-state index is 0.0438. The number of carboxylic acids is 2. The van der Waals surface area contributed by atoms with Crippen molar-refractivity contribution in [1.82, 2.24) is 19.5 Å². The average molecular weight is 650 g/mol. The van der Waals surface area contributed by atoms with Crippen molar-refractivity contribution >= 4 is 50.4 Å². The number of hydrogen-bond donors (Lipinski definition) is 4. The summed E-state index contributed by atoms with van der Waals surface area (Å²) in [5, 5.41) is 30.1. The molecule has 1 saturated heterocycles. The predicted octanol–water partition coefficient (Wildman–Crippen LogP) is 2.25. The second kappa shape index (κ2) is 11.4. The highest BCUT2D eigenvalue weighted by Crippen LogP contribution is 2.40. The molecule has 1 aliphatic rings. The Morgan fingerprint density at radius 1 is 1.14 bits per heavy atom. The van der Waals surface area contributed by atoms with E-state index in [4.69, 9.17) is 26.8 Å². The number of halogens is 2. The number of aliphatic carboxylic acids is 2. The number of aliphatic hydroxyl groups is 1. The molecule has 232 valence electrons. The van der Waals surface area contributed by atoms with Crippen LogP contribution in [0.4, 0.5) is 10.2 Å². The Bertz CT molecular complexity index is 1840. The number of benzene rings is 2. The number of carboxylic acid groups (broad SMARTS) is 2. The number of carbonyl (C=O) groups is 2. The molecule has 0 saturated carbocycles. The molecule has 14 nitrogen and oxygen atoms in total. The number of imidazole rings is 1. The van der Waals surface area contributed by atoms with Crippen molar-refractivity contribution < 1.29 is 47.2 Å². The second-order valence-corrected chi connectivity index (χ2v) is 12.6. The van der Waals surface area contributed by atoms with Crippen LogP contribution in [-0.4, -0.2) is 85.6 Å². The maximum absolute atomic E-state index is 15.3. The molecular weight excluding hydrogens is 625 g/mol. The standard InChI is InChI=1S/C27H25ClFN5O9S/c1-44(40,41)17-8-6-16(7-9-17)15-4-2-14(3-5-15)10-26(23(35)36,24(37)38)42-12-18-27(29,39)11-19(43-18)34-13-31-20-21(30)32-25(28)33-22(20)34/h2-9,13,18-19,39H,10-12H2,1H3,(H,35,36)(H,37,38)(H2,30,32,33)/t18-,19-,27+/m1/s1. The molecule has 3 atom stereocenters. The van der Waals surface area contributed by atoms with Crippen molar-refractivity contribution in [3.8, 4) is 11.1 Å². The Morgan fingerprint density at radius 2 is 1.73 bits per heavy atom. The summed E-state index contributed by atoms with van der Waals surface area (Å²) in [5.74, 6) is -6.81. The lowest BCUT2D eigenvalue weighted by Crippen LogP contribution is -2.53. The predicted molar refractivity (Wildman–Crippen MR) is 152 cm³/mol. The Labute approximate surface area is 253 Å². The molecule has 0 radical (unpaired) electrons. The first kappa shape index (κ1) is 31.2. The molecule has 44 heavy (non-hydrogen) atoms. The summed E-state index contributed by atoms with van der Waals surface area (Å²) in [6.45, 7) is -0.947. The zero-order chi connectivity index (χ0) is 32.0. The fourth-order valence-corrected chi connectivity index (χ4v) is 5.60. The second-order valence-electron chi connectivity index (χ2n) is 10.2. The minimum Gasteiger partial charge on any atom is -0.479 e. The number of nitrogen functional groups attached to an aromatic ring is 1. The summed E-state index contributed by atoms with van der Waals surface area (Å²) in [6.07, 6.45) is -2.02. The number of ether oxygens (including phenoxy) is 2. The molecule has 2 aromatic carbocycles. The van der Waals surface area contributed by atoms with Crippen LogP contribution >= 0.6 is 11.6 Å². The van der Waals surface area contributed by atoms with Crippen LogP contribution in [0, 0.1) is 0 Å². The van der Waals surface area contributed by atoms with Crippen LogP contribution < -0.4 is 5.73 Å². The van der Waals surface area contributed by atoms with E-state index >= 15 is 4.39 Å². The van der Waals surface area contributed by atoms with E-state index in [1.165, 1.54) is 35.2 Å². The molecule has 0 aliphatic carbocycles. The topological polar surface area (TPSA) is 217 Å². The molecule has 0 amide bonds. The van der Waals surface area contributed by atoms with Crippen LogP contribution in [0.5, 0.6) is 0 Å². The van der Waals surface area contributed by atoms with Gasteiger partial charge in [0.1, 0.15) is 17.8 Å². The molecule has 1 fully saturated rings. The summed E-state index contributed by atoms with van der Waals surface area (Å²) >= 11 is 5.87. The molecule has 5 N–H and O–H groups in total. The quantitative estimate of drug-likeness (QED) is 0.143. The van der Waals surface area contributed by atoms with Gasteiger partial charge in [0.25, 0.3) is 5.60 Å². The van der Waals surface area contributed by atoms with Gasteiger partial charge in [-0.3, -0.25) is 4.57 Å². The first-order valence-corrected chi connectivity index (χ1v) is 15.1. The van der Waals surface area contributed by atoms with Gasteiger partial charge in [-0.1, -0.05) is 36.4 Å². The number of rotatable bonds is 10. The molecule has 5 rings (SSSR count). The summed E-state index contributed by atoms with van der Waals surface area (Å²) < 4.78 is 50.9. The summed E-state index contributed by atoms with van der Waals surface area (Å²) in [7, 11) is -3.38. The van der Waals surface area contributed by atoms with Gasteiger partial charge in [0.2, 0.25) is 11.1 Å². The number of nitrogens with two attached hydrogens (primary N) is 1. The highest BCUT2D eigenvalue weighted by molar-refractivity contribution is 7.90. The number of aromatic nitrogens is 4. The molecule has 17 heteroatoms. The Kier molecular flexibility index (Phi) is 8.06. The minimum atomic E-state index is -3.38. The number of anilines is 1. The zero-order valence-corrected chi connectivity index (χ0v) is 24.4. The van der Waals surface area contributed by atoms with Gasteiger partial charge in [-0.05, 0) is 40.4 Å². The van der Waals surface area contributed by atoms with Crippen molar-refractivity contribution in [1.29, 1.82) is 0 Å². The molecule has 0 bridgehead atoms. The lowest BCUT2D eigenvalue weighted by Gasteiger charge is -2.28. The largest absolute Gasteiger partial charge is 0.479 e. The van der Waals surface area contributed by atoms with E-state index < -0.39 is 65.0 Å². The Morgan fingerprint density at radius 3 is 2.30 bits per heavy atom. The van der Waals surface area contributed by atoms with Gasteiger partial charge >= 0.3 is 11.9 Å². The number of nitrogens with zero attached hydrogens (tertiary/aromatic N) is 4. The van der Waals surface area contributed by atoms with E-state index in [0.717, 1.165) is 6.26 Å². The van der Waals surface area contributed by atoms with Crippen LogP contribution in [0.15, 0.2) is 59.8 Å². The fraction of sp³-hybridized carbons (Fsp3) is 0.296. The van der Waals surface area contributed by atoms with Crippen molar-refractivity contribution in [2.24, 2.45) is 0 Å². The van der Waals surface area contributed by atoms with Crippen molar-refractivity contribution in [3.63, 3.8) is 0 Å². The lowest BCUT2D eigenvalue weighted by molar-refractivity contribution is -0.202. The third kappa shape index (κ3) is 5.94. The number of alkyl halides is 1. The van der Waals surface area contributed by atoms with E-state index in [1.54, 1.807) is 24.3 Å². The van der Waals surface area contributed by atoms with Crippen LogP contribution in [0.1, 0.15) is 18.2 Å². The third-order valence-electron chi connectivity index (χ3n) is 7.20. The molecule has 1 aliphatic heterocycles. The Hall–Kier alpha value is -4.22. The van der Waals surface area contributed by atoms with Gasteiger partial charge in [-0.25, -0.2) is 27.4 Å². The fourth-order valence-electron chi connectivity index (χ4n) is 4.80. The van der Waals surface area contributed by atoms with Gasteiger partial charge in [0.05, 0.1) is 24.3 Å². The highest BCUT2D eigenvalue weighted by Gasteiger charge is 2.54. The van der Waals surface area contributed by atoms with Crippen molar-refractivity contribution in [2.75, 3.05) is 18.6 Å². The SMILES string of the molecule is CS(=O)(=O)c1ccc(-c2ccc(CC(OC[C@H]3O[C@@H](n4cnc5c(N)nc(Cl)nc54)C[C@@]3(O)F)(C(=O)O)C(=O)O)cc2)cc1. The third-order valence-corrected chi connectivity index (χ3v) is 8.50. The first-order chi connectivity index (χ1) is 20.6. The van der Waals surface area contributed by atoms with Gasteiger partial charge in [0.15, 0.2) is 21.3 Å². The van der Waals surface area contributed by atoms with Gasteiger partial charge in [-0.15, -0.1) is 0 Å². The normalized spacial score (nSPS) is 20.6. The number of hydrogen-bond acceptors (Lipinski definition) is 11. The molecular formula is C27H25ClFN5O9S. The van der Waals surface area contributed by atoms with E-state index in [9.17, 15) is 33.3 Å². The van der Waals surface area contributed by atoms with E-state index in [-0.39, 0.29) is 32.7 Å². The van der Waals surface area contributed by atoms with Gasteiger partial charge < -0.3 is 30.5 Å². The lowest BCUT2D eigenvalue weighted by atomic mass is 9.93. The molecule has 4 aromatic rings. The molecule has 2 aromatic heterocycles. The maximum Gasteiger partial charge on any atom is 0.348 e. The first-order valence-electron chi connectivity index (χ1n) is 12.8. The van der Waals surface area contributed by atoms with Crippen LogP contribution in [0.2, 0.25) is 5.28 Å². The van der Waals surface area contributed by atoms with E-state index in [2.05, 4.69) is 15.0 Å². The summed E-state index contributed by atoms with van der Waals surface area (Å²) in [4.78, 5) is 36.6. The maximum atomic E-state index is 15.3. The zero-order valence-electron chi connectivity index (χ0n) is 22.8. The van der Waals surface area contributed by atoms with Gasteiger partial charge in [0, 0.05) is 12.7 Å². The number of fused-ring (bicyclic) bond motifs is 1. The van der Waals surface area contributed by atoms with Crippen molar-refractivity contribution in [3.05, 3.63) is 65.7 Å². The smallest absolute Gasteiger partial charge is 0.348 e. The van der Waals surface area contributed by atoms with Crippen LogP contribution in [0.3, 0.4) is 0 Å². The van der Waals surface area contributed by atoms with E-state index in [1.807, 2.05) is 0 Å². The molecule has 0 spiro atoms. The molecule has 3 heterocycles. The summed E-state index contributed by atoms with van der Waals surface area (Å²) in [5.41, 5.74) is 4.74. The van der Waals surface area contributed by atoms with Crippen LogP contribution in [-0.2, 0) is 35.3 Å². The van der Waals surface area contributed by atoms with Crippen LogP contribution in [0.25, 0.3) is 22.3 Å². The summed E-state index contributed by atoms with van der Waals surface area (Å²) in [6, 6.07) is 12.3. The monoisotopic (exact) mass is 649 g/mol.